The minimum Gasteiger partial charge on any atom is -0.504 e. The fourth-order valence-electron chi connectivity index (χ4n) is 1.61. The molecule has 78 valence electrons. The predicted molar refractivity (Wildman–Crippen MR) is 54.1 cm³/mol. The van der Waals surface area contributed by atoms with Gasteiger partial charge in [0.15, 0.2) is 11.5 Å². The van der Waals surface area contributed by atoms with Gasteiger partial charge in [-0.05, 0) is 24.6 Å². The molecule has 1 aromatic carbocycles. The Morgan fingerprint density at radius 1 is 1.14 bits per heavy atom. The molecule has 14 heavy (non-hydrogen) atoms. The van der Waals surface area contributed by atoms with E-state index < -0.39 is 5.75 Å². The molecule has 4 N–H and O–H groups in total. The number of hydrogen-bond acceptors (Lipinski definition) is 4. The van der Waals surface area contributed by atoms with Gasteiger partial charge >= 0.3 is 0 Å². The van der Waals surface area contributed by atoms with Gasteiger partial charge in [-0.15, -0.1) is 12.4 Å². The Hall–Kier alpha value is -1.13. The van der Waals surface area contributed by atoms with E-state index in [1.165, 1.54) is 6.07 Å². The summed E-state index contributed by atoms with van der Waals surface area (Å²) < 4.78 is 0. The van der Waals surface area contributed by atoms with E-state index in [0.29, 0.717) is 13.0 Å². The zero-order valence-electron chi connectivity index (χ0n) is 7.45. The van der Waals surface area contributed by atoms with Gasteiger partial charge in [0.05, 0.1) is 0 Å². The molecule has 1 heterocycles. The predicted octanol–water partition coefficient (Wildman–Crippen LogP) is 0.871. The highest BCUT2D eigenvalue weighted by Crippen LogP contribution is 2.40. The standard InChI is InChI=1S/C9H11NO3.ClH/c11-7-3-5-4-10-2-1-6(5)8(12)9(7)13;/h3,10-13H,1-2,4H2;1H. The first-order valence-corrected chi connectivity index (χ1v) is 4.16. The Kier molecular flexibility index (Phi) is 3.08. The van der Waals surface area contributed by atoms with Gasteiger partial charge in [0.2, 0.25) is 5.75 Å². The summed E-state index contributed by atoms with van der Waals surface area (Å²) in [4.78, 5) is 0. The Balaban J connectivity index is 0.000000980. The summed E-state index contributed by atoms with van der Waals surface area (Å²) in [6.45, 7) is 1.40. The van der Waals surface area contributed by atoms with Crippen LogP contribution < -0.4 is 5.32 Å². The summed E-state index contributed by atoms with van der Waals surface area (Å²) >= 11 is 0. The normalized spacial score (nSPS) is 14.3. The Bertz CT molecular complexity index is 354. The zero-order valence-corrected chi connectivity index (χ0v) is 8.27. The number of aromatic hydroxyl groups is 3. The van der Waals surface area contributed by atoms with Crippen LogP contribution in [0.5, 0.6) is 17.2 Å². The lowest BCUT2D eigenvalue weighted by atomic mass is 9.99. The number of nitrogens with one attached hydrogen (secondary N) is 1. The van der Waals surface area contributed by atoms with Gasteiger partial charge in [-0.25, -0.2) is 0 Å². The van der Waals surface area contributed by atoms with Crippen molar-refractivity contribution in [2.45, 2.75) is 13.0 Å². The number of phenolic OH excluding ortho intramolecular Hbond substituents is 3. The van der Waals surface area contributed by atoms with Crippen LogP contribution in [-0.4, -0.2) is 21.9 Å². The van der Waals surface area contributed by atoms with Crippen molar-refractivity contribution in [2.24, 2.45) is 0 Å². The second kappa shape index (κ2) is 3.94. The monoisotopic (exact) mass is 217 g/mol. The zero-order chi connectivity index (χ0) is 9.42. The molecular formula is C9H12ClNO3. The molecule has 1 aromatic rings. The SMILES string of the molecule is Cl.Oc1cc2c(c(O)c1O)CCNC2. The third-order valence-corrected chi connectivity index (χ3v) is 2.32. The largest absolute Gasteiger partial charge is 0.504 e. The fourth-order valence-corrected chi connectivity index (χ4v) is 1.61. The first kappa shape index (κ1) is 10.9. The van der Waals surface area contributed by atoms with Crippen LogP contribution in [-0.2, 0) is 13.0 Å². The molecule has 0 bridgehead atoms. The first-order valence-electron chi connectivity index (χ1n) is 4.16. The van der Waals surface area contributed by atoms with Crippen LogP contribution in [0.15, 0.2) is 6.07 Å². The summed E-state index contributed by atoms with van der Waals surface area (Å²) in [6, 6.07) is 1.48. The van der Waals surface area contributed by atoms with Crippen LogP contribution in [0.2, 0.25) is 0 Å². The summed E-state index contributed by atoms with van der Waals surface area (Å²) in [5, 5.41) is 31.1. The van der Waals surface area contributed by atoms with Gasteiger partial charge in [-0.3, -0.25) is 0 Å². The van der Waals surface area contributed by atoms with Gasteiger partial charge in [-0.2, -0.15) is 0 Å². The molecule has 1 aliphatic heterocycles. The molecule has 0 unspecified atom stereocenters. The number of hydrogen-bond donors (Lipinski definition) is 4. The van der Waals surface area contributed by atoms with E-state index in [1.807, 2.05) is 0 Å². The van der Waals surface area contributed by atoms with Crippen LogP contribution in [0.25, 0.3) is 0 Å². The molecule has 2 rings (SSSR count). The Morgan fingerprint density at radius 2 is 1.86 bits per heavy atom. The van der Waals surface area contributed by atoms with Crippen LogP contribution >= 0.6 is 12.4 Å². The number of rotatable bonds is 0. The Morgan fingerprint density at radius 3 is 2.57 bits per heavy atom. The molecule has 0 fully saturated rings. The number of benzene rings is 1. The minimum atomic E-state index is -0.416. The van der Waals surface area contributed by atoms with E-state index in [0.717, 1.165) is 17.7 Å². The quantitative estimate of drug-likeness (QED) is 0.487. The molecule has 4 nitrogen and oxygen atoms in total. The lowest BCUT2D eigenvalue weighted by molar-refractivity contribution is 0.362. The van der Waals surface area contributed by atoms with Crippen LogP contribution in [0.1, 0.15) is 11.1 Å². The summed E-state index contributed by atoms with van der Waals surface area (Å²) in [5.74, 6) is -0.864. The van der Waals surface area contributed by atoms with E-state index in [9.17, 15) is 15.3 Å². The first-order chi connectivity index (χ1) is 6.20. The molecule has 0 aromatic heterocycles. The van der Waals surface area contributed by atoms with E-state index in [2.05, 4.69) is 5.32 Å². The van der Waals surface area contributed by atoms with Gasteiger partial charge in [0.25, 0.3) is 0 Å². The molecule has 0 saturated carbocycles. The third-order valence-electron chi connectivity index (χ3n) is 2.32. The molecule has 0 saturated heterocycles. The highest BCUT2D eigenvalue weighted by atomic mass is 35.5. The highest BCUT2D eigenvalue weighted by molar-refractivity contribution is 5.85. The smallest absolute Gasteiger partial charge is 0.200 e. The minimum absolute atomic E-state index is 0. The van der Waals surface area contributed by atoms with Crippen LogP contribution in [0.3, 0.4) is 0 Å². The average Bonchev–Trinajstić information content (AvgIpc) is 2.15. The molecule has 0 radical (unpaired) electrons. The van der Waals surface area contributed by atoms with Crippen molar-refractivity contribution in [2.75, 3.05) is 6.54 Å². The maximum Gasteiger partial charge on any atom is 0.200 e. The maximum absolute atomic E-state index is 9.49. The molecule has 0 aliphatic carbocycles. The second-order valence-electron chi connectivity index (χ2n) is 3.16. The van der Waals surface area contributed by atoms with Gasteiger partial charge in [-0.1, -0.05) is 0 Å². The molecule has 0 spiro atoms. The van der Waals surface area contributed by atoms with Crippen molar-refractivity contribution in [3.8, 4) is 17.2 Å². The molecule has 0 atom stereocenters. The third kappa shape index (κ3) is 1.58. The van der Waals surface area contributed by atoms with E-state index in [1.54, 1.807) is 0 Å². The van der Waals surface area contributed by atoms with Crippen molar-refractivity contribution in [1.82, 2.24) is 5.32 Å². The van der Waals surface area contributed by atoms with E-state index in [4.69, 9.17) is 0 Å². The molecule has 5 heteroatoms. The number of halogens is 1. The Labute approximate surface area is 87.6 Å². The van der Waals surface area contributed by atoms with Crippen molar-refractivity contribution >= 4 is 12.4 Å². The van der Waals surface area contributed by atoms with Crippen LogP contribution in [0, 0.1) is 0 Å². The molecular weight excluding hydrogens is 206 g/mol. The van der Waals surface area contributed by atoms with Gasteiger partial charge < -0.3 is 20.6 Å². The van der Waals surface area contributed by atoms with Crippen molar-refractivity contribution < 1.29 is 15.3 Å². The summed E-state index contributed by atoms with van der Waals surface area (Å²) in [7, 11) is 0. The van der Waals surface area contributed by atoms with Gasteiger partial charge in [0.1, 0.15) is 0 Å². The highest BCUT2D eigenvalue weighted by Gasteiger charge is 2.18. The van der Waals surface area contributed by atoms with E-state index in [-0.39, 0.29) is 23.9 Å². The molecule has 0 amide bonds. The lowest BCUT2D eigenvalue weighted by Crippen LogP contribution is -2.23. The van der Waals surface area contributed by atoms with Crippen LogP contribution in [0.4, 0.5) is 0 Å². The second-order valence-corrected chi connectivity index (χ2v) is 3.16. The van der Waals surface area contributed by atoms with Crippen molar-refractivity contribution in [1.29, 1.82) is 0 Å². The maximum atomic E-state index is 9.49. The van der Waals surface area contributed by atoms with Crippen molar-refractivity contribution in [3.05, 3.63) is 17.2 Å². The summed E-state index contributed by atoms with van der Waals surface area (Å²) in [6.07, 6.45) is 0.676. The lowest BCUT2D eigenvalue weighted by Gasteiger charge is -2.19. The fraction of sp³-hybridized carbons (Fsp3) is 0.333. The van der Waals surface area contributed by atoms with E-state index >= 15 is 0 Å². The number of phenols is 3. The summed E-state index contributed by atoms with van der Waals surface area (Å²) in [5.41, 5.74) is 1.58. The molecule has 1 aliphatic rings. The van der Waals surface area contributed by atoms with Crippen molar-refractivity contribution in [3.63, 3.8) is 0 Å². The van der Waals surface area contributed by atoms with Gasteiger partial charge in [0, 0.05) is 12.1 Å². The number of fused-ring (bicyclic) bond motifs is 1. The topological polar surface area (TPSA) is 72.7 Å². The average molecular weight is 218 g/mol.